The molecule has 3 nitrogen and oxygen atoms in total. The molecule has 0 amide bonds. The molecule has 4 heteroatoms. The van der Waals surface area contributed by atoms with Crippen LogP contribution in [0.4, 0.5) is 10.1 Å². The number of esters is 1. The van der Waals surface area contributed by atoms with E-state index < -0.39 is 11.8 Å². The van der Waals surface area contributed by atoms with Gasteiger partial charge in [-0.1, -0.05) is 12.8 Å². The lowest BCUT2D eigenvalue weighted by Crippen LogP contribution is -2.17. The van der Waals surface area contributed by atoms with Crippen LogP contribution in [0.5, 0.6) is 0 Å². The van der Waals surface area contributed by atoms with Crippen LogP contribution in [0.15, 0.2) is 18.2 Å². The predicted molar refractivity (Wildman–Crippen MR) is 67.7 cm³/mol. The van der Waals surface area contributed by atoms with Gasteiger partial charge in [0.15, 0.2) is 0 Å². The number of nitrogen functional groups attached to an aromatic ring is 1. The Morgan fingerprint density at radius 2 is 1.83 bits per heavy atom. The average molecular weight is 251 g/mol. The summed E-state index contributed by atoms with van der Waals surface area (Å²) in [7, 11) is 0. The van der Waals surface area contributed by atoms with Crippen molar-refractivity contribution >= 4 is 11.7 Å². The summed E-state index contributed by atoms with van der Waals surface area (Å²) in [6, 6.07) is 3.79. The minimum absolute atomic E-state index is 0.0375. The van der Waals surface area contributed by atoms with E-state index in [9.17, 15) is 9.18 Å². The van der Waals surface area contributed by atoms with Crippen molar-refractivity contribution in [1.29, 1.82) is 0 Å². The predicted octanol–water partition coefficient (Wildman–Crippen LogP) is 3.29. The summed E-state index contributed by atoms with van der Waals surface area (Å²) in [5.74, 6) is -0.990. The van der Waals surface area contributed by atoms with Crippen LogP contribution in [-0.2, 0) is 4.74 Å². The Bertz CT molecular complexity index is 406. The van der Waals surface area contributed by atoms with Crippen LogP contribution in [0.25, 0.3) is 0 Å². The second-order valence-corrected chi connectivity index (χ2v) is 4.79. The molecular formula is C14H18FNO2. The summed E-state index contributed by atoms with van der Waals surface area (Å²) < 4.78 is 18.6. The van der Waals surface area contributed by atoms with Crippen molar-refractivity contribution in [3.05, 3.63) is 29.6 Å². The fraction of sp³-hybridized carbons (Fsp3) is 0.500. The SMILES string of the molecule is Nc1cc(F)cc(C(=O)OC2CCCCCC2)c1. The van der Waals surface area contributed by atoms with Gasteiger partial charge in [0.1, 0.15) is 11.9 Å². The number of hydrogen-bond acceptors (Lipinski definition) is 3. The molecule has 1 saturated carbocycles. The van der Waals surface area contributed by atoms with Crippen LogP contribution in [-0.4, -0.2) is 12.1 Å². The summed E-state index contributed by atoms with van der Waals surface area (Å²) in [5, 5.41) is 0. The van der Waals surface area contributed by atoms with Gasteiger partial charge < -0.3 is 10.5 Å². The first kappa shape index (κ1) is 12.9. The van der Waals surface area contributed by atoms with Gasteiger partial charge >= 0.3 is 5.97 Å². The van der Waals surface area contributed by atoms with Gasteiger partial charge in [-0.05, 0) is 43.9 Å². The molecular weight excluding hydrogens is 233 g/mol. The molecule has 0 aromatic heterocycles. The number of benzene rings is 1. The molecule has 0 heterocycles. The van der Waals surface area contributed by atoms with Gasteiger partial charge in [-0.15, -0.1) is 0 Å². The van der Waals surface area contributed by atoms with Gasteiger partial charge in [-0.25, -0.2) is 9.18 Å². The molecule has 1 aliphatic rings. The smallest absolute Gasteiger partial charge is 0.338 e. The molecule has 0 saturated heterocycles. The van der Waals surface area contributed by atoms with Crippen molar-refractivity contribution in [1.82, 2.24) is 0 Å². The molecule has 1 aliphatic carbocycles. The molecule has 0 atom stereocenters. The van der Waals surface area contributed by atoms with E-state index in [1.54, 1.807) is 0 Å². The summed E-state index contributed by atoms with van der Waals surface area (Å²) in [4.78, 5) is 11.9. The van der Waals surface area contributed by atoms with Crippen molar-refractivity contribution in [3.8, 4) is 0 Å². The Balaban J connectivity index is 2.01. The third kappa shape index (κ3) is 3.45. The zero-order valence-corrected chi connectivity index (χ0v) is 10.3. The molecule has 0 unspecified atom stereocenters. The van der Waals surface area contributed by atoms with E-state index in [0.717, 1.165) is 31.7 Å². The number of carbonyl (C=O) groups is 1. The second-order valence-electron chi connectivity index (χ2n) is 4.79. The van der Waals surface area contributed by atoms with Crippen molar-refractivity contribution in [2.45, 2.75) is 44.6 Å². The second kappa shape index (κ2) is 5.85. The summed E-state index contributed by atoms with van der Waals surface area (Å²) >= 11 is 0. The third-order valence-electron chi connectivity index (χ3n) is 3.23. The van der Waals surface area contributed by atoms with E-state index in [0.29, 0.717) is 0 Å². The Labute approximate surface area is 106 Å². The molecule has 0 aliphatic heterocycles. The summed E-state index contributed by atoms with van der Waals surface area (Å²) in [5.41, 5.74) is 5.94. The molecule has 1 aromatic rings. The van der Waals surface area contributed by atoms with Gasteiger partial charge in [0.05, 0.1) is 5.56 Å². The third-order valence-corrected chi connectivity index (χ3v) is 3.23. The molecule has 2 N–H and O–H groups in total. The van der Waals surface area contributed by atoms with Gasteiger partial charge in [-0.3, -0.25) is 0 Å². The number of hydrogen-bond donors (Lipinski definition) is 1. The van der Waals surface area contributed by atoms with E-state index in [1.807, 2.05) is 0 Å². The molecule has 1 fully saturated rings. The fourth-order valence-electron chi connectivity index (χ4n) is 2.31. The maximum atomic E-state index is 13.1. The molecule has 0 bridgehead atoms. The first-order chi connectivity index (χ1) is 8.65. The monoisotopic (exact) mass is 251 g/mol. The molecule has 18 heavy (non-hydrogen) atoms. The molecule has 2 rings (SSSR count). The highest BCUT2D eigenvalue weighted by molar-refractivity contribution is 5.90. The lowest BCUT2D eigenvalue weighted by Gasteiger charge is -2.15. The topological polar surface area (TPSA) is 52.3 Å². The maximum Gasteiger partial charge on any atom is 0.338 e. The van der Waals surface area contributed by atoms with Crippen LogP contribution >= 0.6 is 0 Å². The minimum Gasteiger partial charge on any atom is -0.459 e. The minimum atomic E-state index is -0.511. The average Bonchev–Trinajstić information content (AvgIpc) is 2.56. The van der Waals surface area contributed by atoms with Crippen molar-refractivity contribution in [2.75, 3.05) is 5.73 Å². The number of ether oxygens (including phenoxy) is 1. The standard InChI is InChI=1S/C14H18FNO2/c15-11-7-10(8-12(16)9-11)14(17)18-13-5-3-1-2-4-6-13/h7-9,13H,1-6,16H2. The quantitative estimate of drug-likeness (QED) is 0.498. The van der Waals surface area contributed by atoms with Crippen LogP contribution in [0, 0.1) is 5.82 Å². The van der Waals surface area contributed by atoms with E-state index in [2.05, 4.69) is 0 Å². The lowest BCUT2D eigenvalue weighted by atomic mass is 10.1. The Hall–Kier alpha value is -1.58. The van der Waals surface area contributed by atoms with Crippen molar-refractivity contribution < 1.29 is 13.9 Å². The van der Waals surface area contributed by atoms with E-state index >= 15 is 0 Å². The van der Waals surface area contributed by atoms with Crippen LogP contribution in [0.2, 0.25) is 0 Å². The highest BCUT2D eigenvalue weighted by Gasteiger charge is 2.18. The van der Waals surface area contributed by atoms with Crippen LogP contribution < -0.4 is 5.73 Å². The first-order valence-electron chi connectivity index (χ1n) is 6.42. The fourth-order valence-corrected chi connectivity index (χ4v) is 2.31. The highest BCUT2D eigenvalue weighted by atomic mass is 19.1. The lowest BCUT2D eigenvalue weighted by molar-refractivity contribution is 0.0267. The number of nitrogens with two attached hydrogens (primary N) is 1. The van der Waals surface area contributed by atoms with Crippen LogP contribution in [0.3, 0.4) is 0 Å². The summed E-state index contributed by atoms with van der Waals surface area (Å²) in [6.07, 6.45) is 6.33. The molecule has 0 radical (unpaired) electrons. The van der Waals surface area contributed by atoms with Gasteiger partial charge in [-0.2, -0.15) is 0 Å². The number of carbonyl (C=O) groups excluding carboxylic acids is 1. The van der Waals surface area contributed by atoms with Gasteiger partial charge in [0.25, 0.3) is 0 Å². The summed E-state index contributed by atoms with van der Waals surface area (Å²) in [6.45, 7) is 0. The van der Waals surface area contributed by atoms with Gasteiger partial charge in [0, 0.05) is 5.69 Å². The maximum absolute atomic E-state index is 13.1. The van der Waals surface area contributed by atoms with Crippen molar-refractivity contribution in [2.24, 2.45) is 0 Å². The Morgan fingerprint density at radius 1 is 1.17 bits per heavy atom. The molecule has 98 valence electrons. The highest BCUT2D eigenvalue weighted by Crippen LogP contribution is 2.21. The zero-order valence-electron chi connectivity index (χ0n) is 10.3. The van der Waals surface area contributed by atoms with E-state index in [4.69, 9.17) is 10.5 Å². The number of halogens is 1. The zero-order chi connectivity index (χ0) is 13.0. The van der Waals surface area contributed by atoms with Gasteiger partial charge in [0.2, 0.25) is 0 Å². The van der Waals surface area contributed by atoms with Crippen molar-refractivity contribution in [3.63, 3.8) is 0 Å². The largest absolute Gasteiger partial charge is 0.459 e. The normalized spacial score (nSPS) is 17.2. The number of anilines is 1. The first-order valence-corrected chi connectivity index (χ1v) is 6.42. The molecule has 0 spiro atoms. The van der Waals surface area contributed by atoms with Crippen LogP contribution in [0.1, 0.15) is 48.9 Å². The van der Waals surface area contributed by atoms with E-state index in [1.165, 1.54) is 25.0 Å². The van der Waals surface area contributed by atoms with E-state index in [-0.39, 0.29) is 17.4 Å². The Kier molecular flexibility index (Phi) is 4.18. The Morgan fingerprint density at radius 3 is 2.44 bits per heavy atom. The molecule has 1 aromatic carbocycles. The number of rotatable bonds is 2.